The van der Waals surface area contributed by atoms with E-state index >= 15 is 0 Å². The van der Waals surface area contributed by atoms with Crippen LogP contribution < -0.4 is 0 Å². The molecular weight excluding hydrogens is 252 g/mol. The van der Waals surface area contributed by atoms with Gasteiger partial charge in [-0.15, -0.1) is 0 Å². The van der Waals surface area contributed by atoms with E-state index in [0.717, 1.165) is 0 Å². The van der Waals surface area contributed by atoms with Crippen LogP contribution in [0.3, 0.4) is 0 Å². The maximum atomic E-state index is 12.0. The van der Waals surface area contributed by atoms with Crippen molar-refractivity contribution in [2.75, 3.05) is 19.6 Å². The highest BCUT2D eigenvalue weighted by Crippen LogP contribution is 2.16. The second kappa shape index (κ2) is 5.46. The summed E-state index contributed by atoms with van der Waals surface area (Å²) < 4.78 is 5.21. The number of aliphatic carboxylic acids is 1. The maximum Gasteiger partial charge on any atom is 0.411 e. The molecule has 1 heterocycles. The molecular formula is C12H20N2O5. The number of carboxylic acids is 1. The van der Waals surface area contributed by atoms with Crippen LogP contribution >= 0.6 is 0 Å². The lowest BCUT2D eigenvalue weighted by Gasteiger charge is -2.38. The fraction of sp³-hybridized carbons (Fsp3) is 0.750. The summed E-state index contributed by atoms with van der Waals surface area (Å²) in [6, 6.07) is -0.706. The number of hydrogen-bond donors (Lipinski definition) is 1. The minimum atomic E-state index is -1.06. The maximum absolute atomic E-state index is 12.0. The summed E-state index contributed by atoms with van der Waals surface area (Å²) >= 11 is 0. The summed E-state index contributed by atoms with van der Waals surface area (Å²) in [4.78, 5) is 37.0. The van der Waals surface area contributed by atoms with Crippen molar-refractivity contribution < 1.29 is 24.2 Å². The third-order valence-electron chi connectivity index (χ3n) is 2.70. The quantitative estimate of drug-likeness (QED) is 0.792. The van der Waals surface area contributed by atoms with Crippen molar-refractivity contribution in [1.29, 1.82) is 0 Å². The molecule has 0 aromatic rings. The van der Waals surface area contributed by atoms with Gasteiger partial charge in [-0.25, -0.2) is 4.79 Å². The number of carbonyl (C=O) groups excluding carboxylic acids is 2. The van der Waals surface area contributed by atoms with Crippen molar-refractivity contribution in [1.82, 2.24) is 9.80 Å². The van der Waals surface area contributed by atoms with Crippen LogP contribution in [-0.4, -0.2) is 64.2 Å². The lowest BCUT2D eigenvalue weighted by atomic mass is 10.1. The van der Waals surface area contributed by atoms with Crippen LogP contribution in [0.25, 0.3) is 0 Å². The fourth-order valence-corrected chi connectivity index (χ4v) is 1.82. The summed E-state index contributed by atoms with van der Waals surface area (Å²) in [7, 11) is 0. The summed E-state index contributed by atoms with van der Waals surface area (Å²) in [6.07, 6.45) is -0.552. The molecule has 2 amide bonds. The molecule has 0 aliphatic carbocycles. The van der Waals surface area contributed by atoms with Crippen LogP contribution in [-0.2, 0) is 14.3 Å². The number of carboxylic acid groups (broad SMARTS) is 1. The number of ether oxygens (including phenoxy) is 1. The molecule has 108 valence electrons. The van der Waals surface area contributed by atoms with E-state index in [2.05, 4.69) is 0 Å². The summed E-state index contributed by atoms with van der Waals surface area (Å²) in [5.41, 5.74) is -0.627. The van der Waals surface area contributed by atoms with Crippen LogP contribution in [0.4, 0.5) is 4.79 Å². The first-order chi connectivity index (χ1) is 8.61. The molecule has 1 rings (SSSR count). The molecule has 1 atom stereocenters. The fourth-order valence-electron chi connectivity index (χ4n) is 1.82. The number of amides is 2. The molecule has 0 unspecified atom stereocenters. The molecule has 0 bridgehead atoms. The second-order valence-corrected chi connectivity index (χ2v) is 5.50. The third-order valence-corrected chi connectivity index (χ3v) is 2.70. The molecule has 19 heavy (non-hydrogen) atoms. The molecule has 7 heteroatoms. The lowest BCUT2D eigenvalue weighted by Crippen LogP contribution is -2.59. The smallest absolute Gasteiger partial charge is 0.411 e. The molecule has 0 saturated carbocycles. The van der Waals surface area contributed by atoms with Crippen molar-refractivity contribution >= 4 is 18.0 Å². The zero-order chi connectivity index (χ0) is 14.8. The van der Waals surface area contributed by atoms with Crippen molar-refractivity contribution in [2.45, 2.75) is 39.3 Å². The Morgan fingerprint density at radius 2 is 1.95 bits per heavy atom. The van der Waals surface area contributed by atoms with Gasteiger partial charge in [0.15, 0.2) is 0 Å². The Morgan fingerprint density at radius 1 is 1.37 bits per heavy atom. The summed E-state index contributed by atoms with van der Waals surface area (Å²) in [5, 5.41) is 8.70. The monoisotopic (exact) mass is 272 g/mol. The Morgan fingerprint density at radius 3 is 2.42 bits per heavy atom. The van der Waals surface area contributed by atoms with Crippen molar-refractivity contribution in [3.63, 3.8) is 0 Å². The van der Waals surface area contributed by atoms with Gasteiger partial charge < -0.3 is 14.7 Å². The van der Waals surface area contributed by atoms with Gasteiger partial charge in [-0.3, -0.25) is 14.5 Å². The molecule has 0 radical (unpaired) electrons. The first kappa shape index (κ1) is 15.3. The molecule has 0 spiro atoms. The van der Waals surface area contributed by atoms with E-state index in [-0.39, 0.29) is 25.5 Å². The van der Waals surface area contributed by atoms with Crippen LogP contribution in [0.2, 0.25) is 0 Å². The Balaban J connectivity index is 2.69. The number of carbonyl (C=O) groups is 3. The van der Waals surface area contributed by atoms with Crippen LogP contribution in [0.15, 0.2) is 0 Å². The van der Waals surface area contributed by atoms with Crippen molar-refractivity contribution in [3.05, 3.63) is 0 Å². The zero-order valence-corrected chi connectivity index (χ0v) is 11.7. The normalized spacial score (nSPS) is 20.4. The van der Waals surface area contributed by atoms with Gasteiger partial charge >= 0.3 is 12.1 Å². The Kier molecular flexibility index (Phi) is 4.39. The van der Waals surface area contributed by atoms with Gasteiger partial charge in [0.2, 0.25) is 5.91 Å². The van der Waals surface area contributed by atoms with E-state index in [1.165, 1.54) is 9.80 Å². The minimum Gasteiger partial charge on any atom is -0.480 e. The highest BCUT2D eigenvalue weighted by Gasteiger charge is 2.36. The largest absolute Gasteiger partial charge is 0.480 e. The molecule has 1 fully saturated rings. The highest BCUT2D eigenvalue weighted by atomic mass is 16.6. The Labute approximate surface area is 112 Å². The number of hydrogen-bond acceptors (Lipinski definition) is 4. The van der Waals surface area contributed by atoms with Gasteiger partial charge in [0.1, 0.15) is 18.2 Å². The SMILES string of the molecule is C[C@H]1C(=O)N(CC(=O)O)CCN1C(=O)OC(C)(C)C. The van der Waals surface area contributed by atoms with E-state index in [4.69, 9.17) is 9.84 Å². The zero-order valence-electron chi connectivity index (χ0n) is 11.7. The predicted molar refractivity (Wildman–Crippen MR) is 66.6 cm³/mol. The highest BCUT2D eigenvalue weighted by molar-refractivity contribution is 5.88. The van der Waals surface area contributed by atoms with E-state index in [1.807, 2.05) is 0 Å². The van der Waals surface area contributed by atoms with Gasteiger partial charge in [-0.1, -0.05) is 0 Å². The first-order valence-electron chi connectivity index (χ1n) is 6.12. The van der Waals surface area contributed by atoms with Gasteiger partial charge in [0, 0.05) is 13.1 Å². The van der Waals surface area contributed by atoms with Crippen LogP contribution in [0.1, 0.15) is 27.7 Å². The summed E-state index contributed by atoms with van der Waals surface area (Å²) in [5.74, 6) is -1.44. The van der Waals surface area contributed by atoms with Gasteiger partial charge in [-0.2, -0.15) is 0 Å². The third kappa shape index (κ3) is 4.11. The molecule has 7 nitrogen and oxygen atoms in total. The topological polar surface area (TPSA) is 87.2 Å². The number of rotatable bonds is 2. The predicted octanol–water partition coefficient (Wildman–Crippen LogP) is 0.539. The van der Waals surface area contributed by atoms with Crippen molar-refractivity contribution in [2.24, 2.45) is 0 Å². The molecule has 0 aromatic heterocycles. The number of piperazine rings is 1. The van der Waals surface area contributed by atoms with E-state index in [9.17, 15) is 14.4 Å². The van der Waals surface area contributed by atoms with Gasteiger partial charge in [0.25, 0.3) is 0 Å². The average molecular weight is 272 g/mol. The van der Waals surface area contributed by atoms with E-state index in [0.29, 0.717) is 0 Å². The van der Waals surface area contributed by atoms with Crippen molar-refractivity contribution in [3.8, 4) is 0 Å². The van der Waals surface area contributed by atoms with Gasteiger partial charge in [0.05, 0.1) is 0 Å². The lowest BCUT2D eigenvalue weighted by molar-refractivity contribution is -0.149. The molecule has 1 aliphatic rings. The van der Waals surface area contributed by atoms with E-state index in [1.54, 1.807) is 27.7 Å². The molecule has 1 saturated heterocycles. The molecule has 1 aliphatic heterocycles. The number of nitrogens with zero attached hydrogens (tertiary/aromatic N) is 2. The molecule has 0 aromatic carbocycles. The summed E-state index contributed by atoms with van der Waals surface area (Å²) in [6.45, 7) is 6.95. The van der Waals surface area contributed by atoms with E-state index < -0.39 is 23.7 Å². The van der Waals surface area contributed by atoms with Crippen LogP contribution in [0.5, 0.6) is 0 Å². The Bertz CT molecular complexity index is 388. The first-order valence-corrected chi connectivity index (χ1v) is 6.12. The standard InChI is InChI=1S/C12H20N2O5/c1-8-10(17)13(7-9(15)16)5-6-14(8)11(18)19-12(2,3)4/h8H,5-7H2,1-4H3,(H,15,16)/t8-/m0/s1. The molecule has 1 N–H and O–H groups in total. The van der Waals surface area contributed by atoms with Crippen LogP contribution in [0, 0.1) is 0 Å². The van der Waals surface area contributed by atoms with Gasteiger partial charge in [-0.05, 0) is 27.7 Å². The Hall–Kier alpha value is -1.79. The minimum absolute atomic E-state index is 0.203. The second-order valence-electron chi connectivity index (χ2n) is 5.50. The average Bonchev–Trinajstić information content (AvgIpc) is 2.21.